The van der Waals surface area contributed by atoms with Gasteiger partial charge in [-0.15, -0.1) is 0 Å². The minimum atomic E-state index is -0.948. The van der Waals surface area contributed by atoms with Crippen LogP contribution in [0.4, 0.5) is 5.69 Å². The second-order valence-electron chi connectivity index (χ2n) is 3.70. The van der Waals surface area contributed by atoms with E-state index in [0.717, 1.165) is 0 Å². The number of para-hydroxylation sites is 1. The molecule has 0 aliphatic heterocycles. The second-order valence-corrected chi connectivity index (χ2v) is 4.11. The van der Waals surface area contributed by atoms with Crippen molar-refractivity contribution < 1.29 is 10.2 Å². The zero-order chi connectivity index (χ0) is 12.4. The summed E-state index contributed by atoms with van der Waals surface area (Å²) >= 11 is 6.00. The molecule has 1 atom stereocenters. The Balaban J connectivity index is 2.48. The van der Waals surface area contributed by atoms with E-state index in [4.69, 9.17) is 17.3 Å². The van der Waals surface area contributed by atoms with Crippen LogP contribution in [0.1, 0.15) is 17.2 Å². The zero-order valence-electron chi connectivity index (χ0n) is 8.97. The molecule has 88 valence electrons. The van der Waals surface area contributed by atoms with Gasteiger partial charge in [0.05, 0.1) is 5.69 Å². The molecule has 0 saturated carbocycles. The van der Waals surface area contributed by atoms with Crippen molar-refractivity contribution >= 4 is 17.3 Å². The first-order valence-corrected chi connectivity index (χ1v) is 5.49. The molecule has 0 aliphatic rings. The number of aromatic hydroxyl groups is 1. The highest BCUT2D eigenvalue weighted by Crippen LogP contribution is 2.34. The average Bonchev–Trinajstić information content (AvgIpc) is 2.32. The van der Waals surface area contributed by atoms with Crippen LogP contribution >= 0.6 is 11.6 Å². The molecule has 4 heteroatoms. The summed E-state index contributed by atoms with van der Waals surface area (Å²) in [4.78, 5) is 0. The van der Waals surface area contributed by atoms with Crippen molar-refractivity contribution in [3.8, 4) is 5.75 Å². The van der Waals surface area contributed by atoms with E-state index in [2.05, 4.69) is 0 Å². The Kier molecular flexibility index (Phi) is 3.22. The summed E-state index contributed by atoms with van der Waals surface area (Å²) in [7, 11) is 0. The lowest BCUT2D eigenvalue weighted by Gasteiger charge is -2.15. The molecule has 0 aliphatic carbocycles. The molecule has 2 aromatic carbocycles. The molecule has 3 nitrogen and oxygen atoms in total. The number of phenolic OH excluding ortho intramolecular Hbond substituents is 1. The zero-order valence-corrected chi connectivity index (χ0v) is 9.72. The van der Waals surface area contributed by atoms with Gasteiger partial charge in [0.25, 0.3) is 0 Å². The quantitative estimate of drug-likeness (QED) is 0.566. The molecule has 4 N–H and O–H groups in total. The molecule has 0 heterocycles. The number of rotatable bonds is 2. The maximum atomic E-state index is 10.2. The van der Waals surface area contributed by atoms with Crippen molar-refractivity contribution in [2.75, 3.05) is 5.73 Å². The third kappa shape index (κ3) is 2.20. The number of aliphatic hydroxyl groups is 1. The number of aliphatic hydroxyl groups excluding tert-OH is 1. The lowest BCUT2D eigenvalue weighted by Crippen LogP contribution is -2.04. The number of anilines is 1. The monoisotopic (exact) mass is 249 g/mol. The summed E-state index contributed by atoms with van der Waals surface area (Å²) in [5, 5.41) is 20.2. The van der Waals surface area contributed by atoms with Gasteiger partial charge < -0.3 is 15.9 Å². The molecule has 0 spiro atoms. The van der Waals surface area contributed by atoms with E-state index in [1.165, 1.54) is 6.07 Å². The number of benzene rings is 2. The first-order chi connectivity index (χ1) is 8.11. The number of hydrogen-bond donors (Lipinski definition) is 3. The van der Waals surface area contributed by atoms with Gasteiger partial charge in [-0.1, -0.05) is 41.9 Å². The van der Waals surface area contributed by atoms with Crippen LogP contribution < -0.4 is 5.73 Å². The summed E-state index contributed by atoms with van der Waals surface area (Å²) < 4.78 is 0. The number of nitrogen functional groups attached to an aromatic ring is 1. The molecule has 17 heavy (non-hydrogen) atoms. The number of hydrogen-bond acceptors (Lipinski definition) is 3. The highest BCUT2D eigenvalue weighted by Gasteiger charge is 2.17. The Morgan fingerprint density at radius 1 is 1.00 bits per heavy atom. The van der Waals surface area contributed by atoms with Gasteiger partial charge in [0, 0.05) is 16.1 Å². The van der Waals surface area contributed by atoms with Crippen LogP contribution in [0.5, 0.6) is 5.75 Å². The van der Waals surface area contributed by atoms with Crippen molar-refractivity contribution in [3.05, 3.63) is 58.6 Å². The second kappa shape index (κ2) is 4.65. The minimum absolute atomic E-state index is 0.0476. The molecule has 0 bridgehead atoms. The molecule has 0 saturated heterocycles. The average molecular weight is 250 g/mol. The van der Waals surface area contributed by atoms with Gasteiger partial charge in [-0.3, -0.25) is 0 Å². The summed E-state index contributed by atoms with van der Waals surface area (Å²) in [6, 6.07) is 11.7. The van der Waals surface area contributed by atoms with Crippen LogP contribution in [0, 0.1) is 0 Å². The Bertz CT molecular complexity index is 543. The molecule has 1 unspecified atom stereocenters. The van der Waals surface area contributed by atoms with Crippen molar-refractivity contribution in [2.24, 2.45) is 0 Å². The Morgan fingerprint density at radius 3 is 2.35 bits per heavy atom. The Hall–Kier alpha value is -1.71. The van der Waals surface area contributed by atoms with Gasteiger partial charge in [-0.2, -0.15) is 0 Å². The maximum Gasteiger partial charge on any atom is 0.138 e. The smallest absolute Gasteiger partial charge is 0.138 e. The summed E-state index contributed by atoms with van der Waals surface area (Å²) in [5.41, 5.74) is 6.89. The number of nitrogens with two attached hydrogens (primary N) is 1. The lowest BCUT2D eigenvalue weighted by atomic mass is 9.99. The molecule has 0 radical (unpaired) electrons. The van der Waals surface area contributed by atoms with Crippen LogP contribution in [0.2, 0.25) is 5.02 Å². The Morgan fingerprint density at radius 2 is 1.65 bits per heavy atom. The third-order valence-corrected chi connectivity index (χ3v) is 2.96. The predicted octanol–water partition coefficient (Wildman–Crippen LogP) is 2.71. The number of phenols is 1. The van der Waals surface area contributed by atoms with Crippen molar-refractivity contribution in [1.29, 1.82) is 0 Å². The molecule has 0 amide bonds. The summed E-state index contributed by atoms with van der Waals surface area (Å²) in [5.74, 6) is -0.0476. The van der Waals surface area contributed by atoms with E-state index < -0.39 is 6.10 Å². The van der Waals surface area contributed by atoms with Crippen molar-refractivity contribution in [2.45, 2.75) is 6.10 Å². The third-order valence-electron chi connectivity index (χ3n) is 2.61. The van der Waals surface area contributed by atoms with Gasteiger partial charge >= 0.3 is 0 Å². The fraction of sp³-hybridized carbons (Fsp3) is 0.0769. The van der Waals surface area contributed by atoms with Crippen LogP contribution in [0.25, 0.3) is 0 Å². The standard InChI is InChI=1S/C13H12ClNO2/c14-10-6-2-1-4-8(10)13(17)9-5-3-7-11(16)12(9)15/h1-7,13,16-17H,15H2. The van der Waals surface area contributed by atoms with Crippen LogP contribution in [0.15, 0.2) is 42.5 Å². The predicted molar refractivity (Wildman–Crippen MR) is 68.0 cm³/mol. The van der Waals surface area contributed by atoms with E-state index in [1.807, 2.05) is 0 Å². The van der Waals surface area contributed by atoms with E-state index >= 15 is 0 Å². The minimum Gasteiger partial charge on any atom is -0.506 e. The van der Waals surface area contributed by atoms with Crippen molar-refractivity contribution in [3.63, 3.8) is 0 Å². The molecular formula is C13H12ClNO2. The molecule has 2 aromatic rings. The van der Waals surface area contributed by atoms with Gasteiger partial charge in [0.1, 0.15) is 11.9 Å². The van der Waals surface area contributed by atoms with Gasteiger partial charge in [-0.05, 0) is 12.1 Å². The van der Waals surface area contributed by atoms with E-state index in [9.17, 15) is 10.2 Å². The first-order valence-electron chi connectivity index (χ1n) is 5.11. The molecule has 2 rings (SSSR count). The summed E-state index contributed by atoms with van der Waals surface area (Å²) in [6.45, 7) is 0. The summed E-state index contributed by atoms with van der Waals surface area (Å²) in [6.07, 6.45) is -0.948. The largest absolute Gasteiger partial charge is 0.506 e. The maximum absolute atomic E-state index is 10.2. The highest BCUT2D eigenvalue weighted by molar-refractivity contribution is 6.31. The van der Waals surface area contributed by atoms with Gasteiger partial charge in [0.2, 0.25) is 0 Å². The van der Waals surface area contributed by atoms with E-state index in [0.29, 0.717) is 16.1 Å². The molecule has 0 fully saturated rings. The number of halogens is 1. The molecule has 0 aromatic heterocycles. The van der Waals surface area contributed by atoms with Crippen LogP contribution in [-0.4, -0.2) is 10.2 Å². The fourth-order valence-corrected chi connectivity index (χ4v) is 1.91. The van der Waals surface area contributed by atoms with Gasteiger partial charge in [0.15, 0.2) is 0 Å². The van der Waals surface area contributed by atoms with Crippen LogP contribution in [0.3, 0.4) is 0 Å². The Labute approximate surface area is 104 Å². The molecular weight excluding hydrogens is 238 g/mol. The highest BCUT2D eigenvalue weighted by atomic mass is 35.5. The normalized spacial score (nSPS) is 12.4. The SMILES string of the molecule is Nc1c(O)cccc1C(O)c1ccccc1Cl. The first kappa shape index (κ1) is 11.8. The fourth-order valence-electron chi connectivity index (χ4n) is 1.67. The van der Waals surface area contributed by atoms with E-state index in [-0.39, 0.29) is 11.4 Å². The van der Waals surface area contributed by atoms with Gasteiger partial charge in [-0.25, -0.2) is 0 Å². The van der Waals surface area contributed by atoms with Crippen molar-refractivity contribution in [1.82, 2.24) is 0 Å². The topological polar surface area (TPSA) is 66.5 Å². The van der Waals surface area contributed by atoms with E-state index in [1.54, 1.807) is 36.4 Å². The van der Waals surface area contributed by atoms with Crippen LogP contribution in [-0.2, 0) is 0 Å². The lowest BCUT2D eigenvalue weighted by molar-refractivity contribution is 0.221.